The molecule has 0 amide bonds. The topological polar surface area (TPSA) is 83.5 Å². The van der Waals surface area contributed by atoms with Gasteiger partial charge in [-0.25, -0.2) is 17.9 Å². The van der Waals surface area contributed by atoms with E-state index >= 15 is 0 Å². The molecule has 8 heteroatoms. The Bertz CT molecular complexity index is 629. The van der Waals surface area contributed by atoms with Crippen molar-refractivity contribution in [3.05, 3.63) is 27.2 Å². The molecule has 2 N–H and O–H groups in total. The van der Waals surface area contributed by atoms with Gasteiger partial charge in [-0.3, -0.25) is 0 Å². The van der Waals surface area contributed by atoms with Gasteiger partial charge in [0.1, 0.15) is 0 Å². The Kier molecular flexibility index (Phi) is 6.65. The lowest BCUT2D eigenvalue weighted by molar-refractivity contribution is 0.0696. The Hall–Kier alpha value is -0.630. The minimum Gasteiger partial charge on any atom is -0.478 e. The zero-order chi connectivity index (χ0) is 16.2. The van der Waals surface area contributed by atoms with Gasteiger partial charge in [-0.05, 0) is 34.0 Å². The predicted octanol–water partition coefficient (Wildman–Crippen LogP) is 3.52. The molecule has 0 heterocycles. The smallest absolute Gasteiger partial charge is 0.337 e. The van der Waals surface area contributed by atoms with Gasteiger partial charge >= 0.3 is 5.97 Å². The molecule has 1 aromatic rings. The first-order chi connectivity index (χ1) is 9.72. The molecule has 1 aromatic carbocycles. The van der Waals surface area contributed by atoms with Crippen molar-refractivity contribution in [1.82, 2.24) is 4.72 Å². The van der Waals surface area contributed by atoms with E-state index in [-0.39, 0.29) is 25.9 Å². The van der Waals surface area contributed by atoms with Crippen LogP contribution in [0.25, 0.3) is 0 Å². The number of aromatic carboxylic acids is 1. The summed E-state index contributed by atoms with van der Waals surface area (Å²) >= 11 is 8.92. The molecule has 0 spiro atoms. The Morgan fingerprint density at radius 1 is 1.38 bits per heavy atom. The highest BCUT2D eigenvalue weighted by atomic mass is 79.9. The van der Waals surface area contributed by atoms with Crippen LogP contribution in [0.5, 0.6) is 0 Å². The highest BCUT2D eigenvalue weighted by molar-refractivity contribution is 9.10. The van der Waals surface area contributed by atoms with Crippen molar-refractivity contribution in [1.29, 1.82) is 0 Å². The van der Waals surface area contributed by atoms with Gasteiger partial charge in [-0.2, -0.15) is 0 Å². The van der Waals surface area contributed by atoms with Crippen molar-refractivity contribution >= 4 is 43.5 Å². The molecule has 118 valence electrons. The zero-order valence-corrected chi connectivity index (χ0v) is 14.8. The molecule has 1 rings (SSSR count). The van der Waals surface area contributed by atoms with Crippen LogP contribution < -0.4 is 4.72 Å². The first kappa shape index (κ1) is 18.4. The summed E-state index contributed by atoms with van der Waals surface area (Å²) in [5.74, 6) is -1.03. The van der Waals surface area contributed by atoms with E-state index in [1.807, 2.05) is 13.8 Å². The standard InChI is InChI=1S/C13H17BrClNO4S/c1-3-8(4-2)7-16-21(19,20)9-5-10(13(17)18)12(15)11(14)6-9/h5-6,8,16H,3-4,7H2,1-2H3,(H,17,18). The molecular formula is C13H17BrClNO4S. The predicted molar refractivity (Wildman–Crippen MR) is 85.4 cm³/mol. The van der Waals surface area contributed by atoms with Crippen molar-refractivity contribution in [3.8, 4) is 0 Å². The van der Waals surface area contributed by atoms with Crippen LogP contribution in [0.3, 0.4) is 0 Å². The maximum atomic E-state index is 12.2. The number of nitrogens with one attached hydrogen (secondary N) is 1. The Balaban J connectivity index is 3.12. The fourth-order valence-electron chi connectivity index (χ4n) is 1.76. The van der Waals surface area contributed by atoms with Gasteiger partial charge in [0.15, 0.2) is 0 Å². The normalized spacial score (nSPS) is 11.9. The molecule has 0 unspecified atom stereocenters. The summed E-state index contributed by atoms with van der Waals surface area (Å²) < 4.78 is 27.2. The average molecular weight is 399 g/mol. The van der Waals surface area contributed by atoms with Crippen LogP contribution in [0.2, 0.25) is 5.02 Å². The maximum absolute atomic E-state index is 12.2. The number of hydrogen-bond acceptors (Lipinski definition) is 3. The highest BCUT2D eigenvalue weighted by Crippen LogP contribution is 2.30. The fraction of sp³-hybridized carbons (Fsp3) is 0.462. The summed E-state index contributed by atoms with van der Waals surface area (Å²) in [4.78, 5) is 11.0. The lowest BCUT2D eigenvalue weighted by Crippen LogP contribution is -2.29. The number of carboxylic acid groups (broad SMARTS) is 1. The number of hydrogen-bond donors (Lipinski definition) is 2. The summed E-state index contributed by atoms with van der Waals surface area (Å²) in [6.07, 6.45) is 1.73. The van der Waals surface area contributed by atoms with Gasteiger partial charge in [-0.15, -0.1) is 0 Å². The van der Waals surface area contributed by atoms with Crippen LogP contribution in [0, 0.1) is 5.92 Å². The Morgan fingerprint density at radius 3 is 2.43 bits per heavy atom. The largest absolute Gasteiger partial charge is 0.478 e. The third-order valence-corrected chi connectivity index (χ3v) is 5.92. The lowest BCUT2D eigenvalue weighted by atomic mass is 10.0. The second kappa shape index (κ2) is 7.58. The summed E-state index contributed by atoms with van der Waals surface area (Å²) in [6, 6.07) is 2.36. The molecule has 0 fully saturated rings. The van der Waals surface area contributed by atoms with Crippen LogP contribution >= 0.6 is 27.5 Å². The molecule has 0 aromatic heterocycles. The highest BCUT2D eigenvalue weighted by Gasteiger charge is 2.21. The lowest BCUT2D eigenvalue weighted by Gasteiger charge is -2.14. The van der Waals surface area contributed by atoms with Gasteiger partial charge in [0, 0.05) is 11.0 Å². The number of sulfonamides is 1. The molecule has 0 aliphatic rings. The zero-order valence-electron chi connectivity index (χ0n) is 11.7. The number of carboxylic acids is 1. The van der Waals surface area contributed by atoms with Crippen LogP contribution in [0.4, 0.5) is 0 Å². The monoisotopic (exact) mass is 397 g/mol. The second-order valence-electron chi connectivity index (χ2n) is 4.61. The molecule has 0 saturated carbocycles. The van der Waals surface area contributed by atoms with E-state index in [1.165, 1.54) is 6.07 Å². The number of benzene rings is 1. The minimum absolute atomic E-state index is 0.0264. The van der Waals surface area contributed by atoms with E-state index in [2.05, 4.69) is 20.7 Å². The van der Waals surface area contributed by atoms with E-state index < -0.39 is 16.0 Å². The number of halogens is 2. The Morgan fingerprint density at radius 2 is 1.95 bits per heavy atom. The van der Waals surface area contributed by atoms with E-state index in [1.54, 1.807) is 0 Å². The Labute approximate surface area is 137 Å². The van der Waals surface area contributed by atoms with Crippen LogP contribution in [-0.4, -0.2) is 26.0 Å². The minimum atomic E-state index is -3.77. The fourth-order valence-corrected chi connectivity index (χ4v) is 3.73. The summed E-state index contributed by atoms with van der Waals surface area (Å²) in [6.45, 7) is 4.30. The molecule has 0 aliphatic heterocycles. The molecule has 0 saturated heterocycles. The molecule has 5 nitrogen and oxygen atoms in total. The first-order valence-electron chi connectivity index (χ1n) is 6.44. The van der Waals surface area contributed by atoms with Gasteiger partial charge in [-0.1, -0.05) is 38.3 Å². The van der Waals surface area contributed by atoms with Crippen molar-refractivity contribution in [2.75, 3.05) is 6.54 Å². The van der Waals surface area contributed by atoms with Crippen LogP contribution in [0.1, 0.15) is 37.0 Å². The summed E-state index contributed by atoms with van der Waals surface area (Å²) in [7, 11) is -3.77. The average Bonchev–Trinajstić information content (AvgIpc) is 2.42. The maximum Gasteiger partial charge on any atom is 0.337 e. The number of carbonyl (C=O) groups is 1. The summed E-state index contributed by atoms with van der Waals surface area (Å²) in [5.41, 5.74) is -0.256. The van der Waals surface area contributed by atoms with E-state index in [0.717, 1.165) is 18.9 Å². The van der Waals surface area contributed by atoms with Crippen molar-refractivity contribution in [2.45, 2.75) is 31.6 Å². The third kappa shape index (κ3) is 4.67. The third-order valence-electron chi connectivity index (χ3n) is 3.26. The molecule has 21 heavy (non-hydrogen) atoms. The number of rotatable bonds is 7. The molecular weight excluding hydrogens is 382 g/mol. The van der Waals surface area contributed by atoms with Gasteiger partial charge in [0.05, 0.1) is 15.5 Å². The molecule has 0 radical (unpaired) electrons. The first-order valence-corrected chi connectivity index (χ1v) is 9.10. The molecule has 0 atom stereocenters. The van der Waals surface area contributed by atoms with Gasteiger partial charge in [0.2, 0.25) is 10.0 Å². The van der Waals surface area contributed by atoms with Gasteiger partial charge < -0.3 is 5.11 Å². The van der Waals surface area contributed by atoms with Gasteiger partial charge in [0.25, 0.3) is 0 Å². The quantitative estimate of drug-likeness (QED) is 0.736. The van der Waals surface area contributed by atoms with E-state index in [9.17, 15) is 13.2 Å². The van der Waals surface area contributed by atoms with Crippen LogP contribution in [-0.2, 0) is 10.0 Å². The molecule has 0 aliphatic carbocycles. The van der Waals surface area contributed by atoms with Crippen molar-refractivity contribution in [3.63, 3.8) is 0 Å². The van der Waals surface area contributed by atoms with Crippen molar-refractivity contribution < 1.29 is 18.3 Å². The molecule has 0 bridgehead atoms. The van der Waals surface area contributed by atoms with E-state index in [0.29, 0.717) is 6.54 Å². The van der Waals surface area contributed by atoms with Crippen LogP contribution in [0.15, 0.2) is 21.5 Å². The van der Waals surface area contributed by atoms with Crippen molar-refractivity contribution in [2.24, 2.45) is 5.92 Å². The van der Waals surface area contributed by atoms with E-state index in [4.69, 9.17) is 16.7 Å². The SMILES string of the molecule is CCC(CC)CNS(=O)(=O)c1cc(Br)c(Cl)c(C(=O)O)c1. The summed E-state index contributed by atoms with van der Waals surface area (Å²) in [5, 5.41) is 9.03. The second-order valence-corrected chi connectivity index (χ2v) is 7.61.